The second-order valence-corrected chi connectivity index (χ2v) is 6.20. The van der Waals surface area contributed by atoms with Crippen molar-refractivity contribution >= 4 is 5.91 Å². The number of hydrogen-bond donors (Lipinski definition) is 0. The SMILES string of the molecule is O=C(COc1ccccc1)N1CCN(CCc2ccc(F)cc2)CC1. The molecule has 0 bridgehead atoms. The molecule has 5 heteroatoms. The Balaban J connectivity index is 1.37. The monoisotopic (exact) mass is 342 g/mol. The fourth-order valence-electron chi connectivity index (χ4n) is 2.91. The van der Waals surface area contributed by atoms with E-state index in [9.17, 15) is 9.18 Å². The molecule has 0 aromatic heterocycles. The predicted octanol–water partition coefficient (Wildman–Crippen LogP) is 2.59. The van der Waals surface area contributed by atoms with Crippen LogP contribution >= 0.6 is 0 Å². The van der Waals surface area contributed by atoms with E-state index < -0.39 is 0 Å². The van der Waals surface area contributed by atoms with Gasteiger partial charge < -0.3 is 9.64 Å². The summed E-state index contributed by atoms with van der Waals surface area (Å²) in [5.74, 6) is 0.546. The van der Waals surface area contributed by atoms with Crippen molar-refractivity contribution in [3.63, 3.8) is 0 Å². The molecule has 1 aliphatic rings. The Labute approximate surface area is 147 Å². The van der Waals surface area contributed by atoms with E-state index in [4.69, 9.17) is 4.74 Å². The molecule has 0 N–H and O–H groups in total. The summed E-state index contributed by atoms with van der Waals surface area (Å²) in [6, 6.07) is 16.0. The Hall–Kier alpha value is -2.40. The van der Waals surface area contributed by atoms with Gasteiger partial charge in [0.25, 0.3) is 5.91 Å². The molecule has 0 unspecified atom stereocenters. The maximum Gasteiger partial charge on any atom is 0.260 e. The van der Waals surface area contributed by atoms with Crippen molar-refractivity contribution in [3.8, 4) is 5.75 Å². The van der Waals surface area contributed by atoms with E-state index in [-0.39, 0.29) is 18.3 Å². The van der Waals surface area contributed by atoms with Crippen molar-refractivity contribution in [1.29, 1.82) is 0 Å². The fourth-order valence-corrected chi connectivity index (χ4v) is 2.91. The van der Waals surface area contributed by atoms with E-state index in [1.54, 1.807) is 0 Å². The van der Waals surface area contributed by atoms with Crippen LogP contribution in [0.25, 0.3) is 0 Å². The second kappa shape index (κ2) is 8.62. The van der Waals surface area contributed by atoms with Gasteiger partial charge in [-0.05, 0) is 36.2 Å². The Kier molecular flexibility index (Phi) is 6.01. The molecule has 25 heavy (non-hydrogen) atoms. The molecule has 2 aromatic rings. The minimum Gasteiger partial charge on any atom is -0.484 e. The number of carbonyl (C=O) groups is 1. The van der Waals surface area contributed by atoms with Gasteiger partial charge in [0.2, 0.25) is 0 Å². The number of benzene rings is 2. The molecule has 1 amide bonds. The molecule has 1 heterocycles. The van der Waals surface area contributed by atoms with Crippen LogP contribution < -0.4 is 4.74 Å². The molecule has 4 nitrogen and oxygen atoms in total. The largest absolute Gasteiger partial charge is 0.484 e. The maximum atomic E-state index is 12.9. The van der Waals surface area contributed by atoms with Gasteiger partial charge in [0.15, 0.2) is 6.61 Å². The molecule has 132 valence electrons. The highest BCUT2D eigenvalue weighted by molar-refractivity contribution is 5.77. The summed E-state index contributed by atoms with van der Waals surface area (Å²) in [4.78, 5) is 16.4. The smallest absolute Gasteiger partial charge is 0.260 e. The highest BCUT2D eigenvalue weighted by atomic mass is 19.1. The molecule has 1 fully saturated rings. The first-order valence-corrected chi connectivity index (χ1v) is 8.63. The average molecular weight is 342 g/mol. The van der Waals surface area contributed by atoms with Gasteiger partial charge in [-0.2, -0.15) is 0 Å². The van der Waals surface area contributed by atoms with Crippen LogP contribution in [0.3, 0.4) is 0 Å². The van der Waals surface area contributed by atoms with Gasteiger partial charge >= 0.3 is 0 Å². The van der Waals surface area contributed by atoms with Crippen molar-refractivity contribution in [2.24, 2.45) is 0 Å². The summed E-state index contributed by atoms with van der Waals surface area (Å²) in [6.07, 6.45) is 0.894. The Morgan fingerprint density at radius 3 is 2.32 bits per heavy atom. The van der Waals surface area contributed by atoms with Gasteiger partial charge in [0.05, 0.1) is 0 Å². The maximum absolute atomic E-state index is 12.9. The van der Waals surface area contributed by atoms with E-state index in [2.05, 4.69) is 4.90 Å². The van der Waals surface area contributed by atoms with Crippen LogP contribution in [0.4, 0.5) is 4.39 Å². The van der Waals surface area contributed by atoms with Crippen LogP contribution in [0, 0.1) is 5.82 Å². The van der Waals surface area contributed by atoms with Crippen LogP contribution in [-0.2, 0) is 11.2 Å². The number of halogens is 1. The molecule has 0 saturated carbocycles. The third-order valence-electron chi connectivity index (χ3n) is 4.46. The lowest BCUT2D eigenvalue weighted by atomic mass is 10.1. The predicted molar refractivity (Wildman–Crippen MR) is 95.1 cm³/mol. The minimum atomic E-state index is -0.200. The molecular formula is C20H23FN2O2. The van der Waals surface area contributed by atoms with Crippen molar-refractivity contribution in [2.45, 2.75) is 6.42 Å². The van der Waals surface area contributed by atoms with E-state index in [1.165, 1.54) is 12.1 Å². The van der Waals surface area contributed by atoms with Gasteiger partial charge in [-0.1, -0.05) is 30.3 Å². The standard InChI is InChI=1S/C20H23FN2O2/c21-18-8-6-17(7-9-18)10-11-22-12-14-23(15-13-22)20(24)16-25-19-4-2-1-3-5-19/h1-9H,10-16H2. The molecule has 0 radical (unpaired) electrons. The molecule has 2 aromatic carbocycles. The first-order valence-electron chi connectivity index (χ1n) is 8.63. The highest BCUT2D eigenvalue weighted by Crippen LogP contribution is 2.10. The van der Waals surface area contributed by atoms with Gasteiger partial charge in [0, 0.05) is 32.7 Å². The first kappa shape index (κ1) is 17.4. The Morgan fingerprint density at radius 2 is 1.64 bits per heavy atom. The van der Waals surface area contributed by atoms with Crippen LogP contribution in [0.2, 0.25) is 0 Å². The van der Waals surface area contributed by atoms with E-state index in [0.717, 1.165) is 44.7 Å². The molecule has 3 rings (SSSR count). The third-order valence-corrected chi connectivity index (χ3v) is 4.46. The quantitative estimate of drug-likeness (QED) is 0.809. The molecule has 1 saturated heterocycles. The summed E-state index contributed by atoms with van der Waals surface area (Å²) in [6.45, 7) is 4.17. The van der Waals surface area contributed by atoms with Gasteiger partial charge in [0.1, 0.15) is 11.6 Å². The van der Waals surface area contributed by atoms with Crippen LogP contribution in [-0.4, -0.2) is 55.0 Å². The zero-order chi connectivity index (χ0) is 17.5. The van der Waals surface area contributed by atoms with E-state index in [0.29, 0.717) is 5.75 Å². The Bertz CT molecular complexity index is 668. The molecule has 1 aliphatic heterocycles. The zero-order valence-electron chi connectivity index (χ0n) is 14.2. The third kappa shape index (κ3) is 5.29. The van der Waals surface area contributed by atoms with Crippen LogP contribution in [0.1, 0.15) is 5.56 Å². The number of carbonyl (C=O) groups excluding carboxylic acids is 1. The number of nitrogens with zero attached hydrogens (tertiary/aromatic N) is 2. The summed E-state index contributed by atoms with van der Waals surface area (Å²) >= 11 is 0. The fraction of sp³-hybridized carbons (Fsp3) is 0.350. The van der Waals surface area contributed by atoms with E-state index >= 15 is 0 Å². The lowest BCUT2D eigenvalue weighted by molar-refractivity contribution is -0.135. The number of hydrogen-bond acceptors (Lipinski definition) is 3. The van der Waals surface area contributed by atoms with Crippen LogP contribution in [0.5, 0.6) is 5.75 Å². The average Bonchev–Trinajstić information content (AvgIpc) is 2.67. The summed E-state index contributed by atoms with van der Waals surface area (Å²) in [7, 11) is 0. The first-order chi connectivity index (χ1) is 12.2. The van der Waals surface area contributed by atoms with Gasteiger partial charge in [-0.15, -0.1) is 0 Å². The van der Waals surface area contributed by atoms with Gasteiger partial charge in [-0.25, -0.2) is 4.39 Å². The van der Waals surface area contributed by atoms with Crippen molar-refractivity contribution in [1.82, 2.24) is 9.80 Å². The number of piperazine rings is 1. The number of para-hydroxylation sites is 1. The number of rotatable bonds is 6. The normalized spacial score (nSPS) is 15.2. The lowest BCUT2D eigenvalue weighted by Gasteiger charge is -2.34. The Morgan fingerprint density at radius 1 is 0.960 bits per heavy atom. The summed E-state index contributed by atoms with van der Waals surface area (Å²) in [5.41, 5.74) is 1.14. The highest BCUT2D eigenvalue weighted by Gasteiger charge is 2.21. The van der Waals surface area contributed by atoms with Crippen molar-refractivity contribution in [2.75, 3.05) is 39.3 Å². The van der Waals surface area contributed by atoms with Crippen LogP contribution in [0.15, 0.2) is 54.6 Å². The van der Waals surface area contributed by atoms with Crippen molar-refractivity contribution in [3.05, 3.63) is 66.0 Å². The zero-order valence-corrected chi connectivity index (χ0v) is 14.2. The molecule has 0 spiro atoms. The number of amides is 1. The minimum absolute atomic E-state index is 0.0297. The topological polar surface area (TPSA) is 32.8 Å². The molecule has 0 aliphatic carbocycles. The summed E-state index contributed by atoms with van der Waals surface area (Å²) < 4.78 is 18.4. The van der Waals surface area contributed by atoms with Crippen molar-refractivity contribution < 1.29 is 13.9 Å². The summed E-state index contributed by atoms with van der Waals surface area (Å²) in [5, 5.41) is 0. The second-order valence-electron chi connectivity index (χ2n) is 6.20. The van der Waals surface area contributed by atoms with E-state index in [1.807, 2.05) is 47.4 Å². The number of ether oxygens (including phenoxy) is 1. The molecule has 0 atom stereocenters. The van der Waals surface area contributed by atoms with Gasteiger partial charge in [-0.3, -0.25) is 9.69 Å². The molecular weight excluding hydrogens is 319 g/mol. The lowest BCUT2D eigenvalue weighted by Crippen LogP contribution is -2.50.